The molecule has 2 N–H and O–H groups in total. The van der Waals surface area contributed by atoms with E-state index in [1.807, 2.05) is 12.1 Å². The highest BCUT2D eigenvalue weighted by Gasteiger charge is 2.09. The Morgan fingerprint density at radius 1 is 1.33 bits per heavy atom. The lowest BCUT2D eigenvalue weighted by Crippen LogP contribution is -2.14. The number of halogens is 1. The van der Waals surface area contributed by atoms with Gasteiger partial charge in [0.2, 0.25) is 11.0 Å². The molecular weight excluding hydrogens is 370 g/mol. The predicted octanol–water partition coefficient (Wildman–Crippen LogP) is 3.52. The minimum absolute atomic E-state index is 0.171. The highest BCUT2D eigenvalue weighted by molar-refractivity contribution is 8.01. The number of aromatic nitrogens is 3. The van der Waals surface area contributed by atoms with Crippen LogP contribution in [0.25, 0.3) is 0 Å². The van der Waals surface area contributed by atoms with Gasteiger partial charge in [0.05, 0.1) is 23.6 Å². The van der Waals surface area contributed by atoms with Crippen LogP contribution in [0.15, 0.2) is 45.5 Å². The van der Waals surface area contributed by atoms with Crippen molar-refractivity contribution in [3.63, 3.8) is 0 Å². The summed E-state index contributed by atoms with van der Waals surface area (Å²) < 4.78 is 5.93. The molecule has 0 fully saturated rings. The summed E-state index contributed by atoms with van der Waals surface area (Å²) in [5, 5.41) is 15.1. The maximum absolute atomic E-state index is 11.9. The van der Waals surface area contributed by atoms with E-state index in [4.69, 9.17) is 16.0 Å². The number of pyridine rings is 1. The molecule has 24 heavy (non-hydrogen) atoms. The first kappa shape index (κ1) is 16.7. The van der Waals surface area contributed by atoms with Gasteiger partial charge in [-0.1, -0.05) is 34.7 Å². The standard InChI is InChI=1S/C14H12ClN5O2S2/c15-9-3-4-11(16-6-9)18-12(21)8-23-14-20-19-13(24-14)17-7-10-2-1-5-22-10/h1-6H,7-8H2,(H,17,19)(H,16,18,21). The minimum Gasteiger partial charge on any atom is -0.467 e. The topological polar surface area (TPSA) is 92.9 Å². The van der Waals surface area contributed by atoms with Crippen molar-refractivity contribution in [2.45, 2.75) is 10.9 Å². The third kappa shape index (κ3) is 4.95. The molecule has 0 bridgehead atoms. The average Bonchev–Trinajstić information content (AvgIpc) is 3.25. The summed E-state index contributed by atoms with van der Waals surface area (Å²) in [5.74, 6) is 1.32. The van der Waals surface area contributed by atoms with Gasteiger partial charge in [-0.2, -0.15) is 0 Å². The van der Waals surface area contributed by atoms with Crippen LogP contribution in [0.5, 0.6) is 0 Å². The summed E-state index contributed by atoms with van der Waals surface area (Å²) in [5.41, 5.74) is 0. The Balaban J connectivity index is 1.44. The largest absolute Gasteiger partial charge is 0.467 e. The normalized spacial score (nSPS) is 10.5. The molecule has 0 saturated carbocycles. The van der Waals surface area contributed by atoms with E-state index in [9.17, 15) is 4.79 Å². The van der Waals surface area contributed by atoms with E-state index < -0.39 is 0 Å². The Hall–Kier alpha value is -2.10. The summed E-state index contributed by atoms with van der Waals surface area (Å²) in [6.45, 7) is 0.537. The summed E-state index contributed by atoms with van der Waals surface area (Å²) in [4.78, 5) is 15.9. The monoisotopic (exact) mass is 381 g/mol. The first-order valence-electron chi connectivity index (χ1n) is 6.83. The van der Waals surface area contributed by atoms with Gasteiger partial charge in [0, 0.05) is 6.20 Å². The zero-order chi connectivity index (χ0) is 16.8. The molecule has 0 aromatic carbocycles. The Labute approximate surface area is 150 Å². The van der Waals surface area contributed by atoms with Gasteiger partial charge in [-0.25, -0.2) is 4.98 Å². The van der Waals surface area contributed by atoms with Crippen molar-refractivity contribution in [3.8, 4) is 0 Å². The Bertz CT molecular complexity index is 792. The summed E-state index contributed by atoms with van der Waals surface area (Å²) in [6.07, 6.45) is 3.10. The average molecular weight is 382 g/mol. The molecule has 3 aromatic rings. The van der Waals surface area contributed by atoms with Crippen LogP contribution in [0.1, 0.15) is 5.76 Å². The van der Waals surface area contributed by atoms with E-state index in [0.29, 0.717) is 26.9 Å². The van der Waals surface area contributed by atoms with Crippen LogP contribution in [0.4, 0.5) is 10.9 Å². The minimum atomic E-state index is -0.171. The molecule has 1 amide bonds. The van der Waals surface area contributed by atoms with Crippen LogP contribution < -0.4 is 10.6 Å². The Kier molecular flexibility index (Phi) is 5.68. The van der Waals surface area contributed by atoms with Crippen LogP contribution in [0.3, 0.4) is 0 Å². The van der Waals surface area contributed by atoms with Gasteiger partial charge in [0.1, 0.15) is 11.6 Å². The molecule has 10 heteroatoms. The predicted molar refractivity (Wildman–Crippen MR) is 94.5 cm³/mol. The smallest absolute Gasteiger partial charge is 0.235 e. The number of hydrogen-bond acceptors (Lipinski definition) is 8. The zero-order valence-corrected chi connectivity index (χ0v) is 14.6. The maximum Gasteiger partial charge on any atom is 0.235 e. The number of carbonyl (C=O) groups is 1. The van der Waals surface area contributed by atoms with E-state index in [-0.39, 0.29) is 11.7 Å². The molecule has 0 aliphatic heterocycles. The van der Waals surface area contributed by atoms with Crippen LogP contribution in [0.2, 0.25) is 5.02 Å². The molecule has 0 radical (unpaired) electrons. The molecule has 3 heterocycles. The highest BCUT2D eigenvalue weighted by atomic mass is 35.5. The molecule has 3 aromatic heterocycles. The van der Waals surface area contributed by atoms with Crippen LogP contribution >= 0.6 is 34.7 Å². The van der Waals surface area contributed by atoms with E-state index in [1.54, 1.807) is 18.4 Å². The van der Waals surface area contributed by atoms with Gasteiger partial charge >= 0.3 is 0 Å². The van der Waals surface area contributed by atoms with Crippen LogP contribution in [-0.4, -0.2) is 26.8 Å². The van der Waals surface area contributed by atoms with E-state index in [1.165, 1.54) is 29.3 Å². The SMILES string of the molecule is O=C(CSc1nnc(NCc2ccco2)s1)Nc1ccc(Cl)cn1. The molecule has 3 rings (SSSR count). The lowest BCUT2D eigenvalue weighted by molar-refractivity contribution is -0.113. The fraction of sp³-hybridized carbons (Fsp3) is 0.143. The summed E-state index contributed by atoms with van der Waals surface area (Å²) in [7, 11) is 0. The molecule has 0 saturated heterocycles. The molecule has 0 atom stereocenters. The van der Waals surface area contributed by atoms with Crippen molar-refractivity contribution in [1.29, 1.82) is 0 Å². The van der Waals surface area contributed by atoms with Gasteiger partial charge in [0.25, 0.3) is 0 Å². The fourth-order valence-corrected chi connectivity index (χ4v) is 3.33. The number of nitrogens with one attached hydrogen (secondary N) is 2. The number of furan rings is 1. The third-order valence-electron chi connectivity index (χ3n) is 2.72. The number of amides is 1. The van der Waals surface area contributed by atoms with Gasteiger partial charge in [-0.3, -0.25) is 4.79 Å². The molecule has 0 aliphatic carbocycles. The number of nitrogens with zero attached hydrogens (tertiary/aromatic N) is 3. The number of anilines is 2. The lowest BCUT2D eigenvalue weighted by atomic mass is 10.4. The second-order valence-corrected chi connectivity index (χ2v) is 7.14. The van der Waals surface area contributed by atoms with Crippen molar-refractivity contribution in [3.05, 3.63) is 47.5 Å². The number of rotatable bonds is 7. The second-order valence-electron chi connectivity index (χ2n) is 4.50. The summed E-state index contributed by atoms with van der Waals surface area (Å²) in [6, 6.07) is 7.01. The first-order valence-corrected chi connectivity index (χ1v) is 9.01. The van der Waals surface area contributed by atoms with E-state index >= 15 is 0 Å². The first-order chi connectivity index (χ1) is 11.7. The van der Waals surface area contributed by atoms with Gasteiger partial charge in [-0.15, -0.1) is 10.2 Å². The van der Waals surface area contributed by atoms with Crippen molar-refractivity contribution in [1.82, 2.24) is 15.2 Å². The van der Waals surface area contributed by atoms with Crippen molar-refractivity contribution >= 4 is 51.6 Å². The third-order valence-corrected chi connectivity index (χ3v) is 4.96. The highest BCUT2D eigenvalue weighted by Crippen LogP contribution is 2.25. The van der Waals surface area contributed by atoms with Crippen molar-refractivity contribution < 1.29 is 9.21 Å². The molecule has 124 valence electrons. The maximum atomic E-state index is 11.9. The van der Waals surface area contributed by atoms with Crippen LogP contribution in [-0.2, 0) is 11.3 Å². The Morgan fingerprint density at radius 3 is 3.00 bits per heavy atom. The zero-order valence-electron chi connectivity index (χ0n) is 12.2. The second kappa shape index (κ2) is 8.13. The quantitative estimate of drug-likeness (QED) is 0.604. The van der Waals surface area contributed by atoms with Crippen molar-refractivity contribution in [2.75, 3.05) is 16.4 Å². The fourth-order valence-electron chi connectivity index (χ4n) is 1.67. The number of hydrogen-bond donors (Lipinski definition) is 2. The number of thioether (sulfide) groups is 1. The Morgan fingerprint density at radius 2 is 2.25 bits per heavy atom. The van der Waals surface area contributed by atoms with E-state index in [0.717, 1.165) is 5.76 Å². The lowest BCUT2D eigenvalue weighted by Gasteiger charge is -2.02. The molecule has 0 aliphatic rings. The molecule has 0 unspecified atom stereocenters. The van der Waals surface area contributed by atoms with Crippen molar-refractivity contribution in [2.24, 2.45) is 0 Å². The van der Waals surface area contributed by atoms with Crippen LogP contribution in [0, 0.1) is 0 Å². The van der Waals surface area contributed by atoms with Gasteiger partial charge < -0.3 is 15.1 Å². The molecule has 0 spiro atoms. The molecular formula is C14H12ClN5O2S2. The number of carbonyl (C=O) groups excluding carboxylic acids is 1. The van der Waals surface area contributed by atoms with Gasteiger partial charge in [-0.05, 0) is 24.3 Å². The van der Waals surface area contributed by atoms with E-state index in [2.05, 4.69) is 25.8 Å². The molecule has 7 nitrogen and oxygen atoms in total. The van der Waals surface area contributed by atoms with Gasteiger partial charge in [0.15, 0.2) is 4.34 Å². The summed E-state index contributed by atoms with van der Waals surface area (Å²) >= 11 is 8.44.